The number of hydrogen-bond acceptors (Lipinski definition) is 1. The number of hydrogen-bond donors (Lipinski definition) is 0. The molecule has 112 valence electrons. The van der Waals surface area contributed by atoms with Crippen LogP contribution in [0.5, 0.6) is 0 Å². The molecule has 0 saturated heterocycles. The fraction of sp³-hybridized carbons (Fsp3) is 0.684. The Balaban J connectivity index is 2.32. The summed E-state index contributed by atoms with van der Waals surface area (Å²) in [6.07, 6.45) is 8.23. The average molecular weight is 274 g/mol. The third-order valence-corrected chi connectivity index (χ3v) is 4.58. The second kappa shape index (κ2) is 6.76. The van der Waals surface area contributed by atoms with Gasteiger partial charge in [0.05, 0.1) is 12.2 Å². The fourth-order valence-electron chi connectivity index (χ4n) is 4.01. The number of fused-ring (bicyclic) bond motifs is 1. The summed E-state index contributed by atoms with van der Waals surface area (Å²) in [5.41, 5.74) is 3.41. The summed E-state index contributed by atoms with van der Waals surface area (Å²) < 4.78 is 6.27. The lowest BCUT2D eigenvalue weighted by Crippen LogP contribution is -2.33. The summed E-state index contributed by atoms with van der Waals surface area (Å²) in [5.74, 6) is 0. The molecule has 0 amide bonds. The summed E-state index contributed by atoms with van der Waals surface area (Å²) in [7, 11) is 0. The van der Waals surface area contributed by atoms with Crippen LogP contribution in [0.25, 0.3) is 0 Å². The van der Waals surface area contributed by atoms with Crippen LogP contribution in [0, 0.1) is 5.41 Å². The highest BCUT2D eigenvalue weighted by atomic mass is 16.5. The van der Waals surface area contributed by atoms with Crippen molar-refractivity contribution in [2.75, 3.05) is 0 Å². The number of benzene rings is 1. The average Bonchev–Trinajstić information content (AvgIpc) is 2.38. The van der Waals surface area contributed by atoms with Gasteiger partial charge in [0, 0.05) is 0 Å². The van der Waals surface area contributed by atoms with E-state index < -0.39 is 0 Å². The predicted octanol–water partition coefficient (Wildman–Crippen LogP) is 5.69. The summed E-state index contributed by atoms with van der Waals surface area (Å²) in [6.45, 7) is 8.93. The highest BCUT2D eigenvalue weighted by Gasteiger charge is 2.38. The second-order valence-corrected chi connectivity index (χ2v) is 6.75. The van der Waals surface area contributed by atoms with Crippen molar-refractivity contribution in [1.29, 1.82) is 0 Å². The maximum absolute atomic E-state index is 6.27. The minimum Gasteiger partial charge on any atom is -0.371 e. The van der Waals surface area contributed by atoms with E-state index in [0.717, 1.165) is 0 Å². The molecule has 0 aliphatic heterocycles. The number of ether oxygens (including phenoxy) is 1. The molecule has 0 fully saturated rings. The lowest BCUT2D eigenvalue weighted by Gasteiger charge is -2.42. The van der Waals surface area contributed by atoms with Crippen LogP contribution < -0.4 is 0 Å². The molecular weight excluding hydrogens is 244 g/mol. The van der Waals surface area contributed by atoms with E-state index in [1.54, 1.807) is 0 Å². The Morgan fingerprint density at radius 1 is 1.15 bits per heavy atom. The molecule has 1 aromatic carbocycles. The van der Waals surface area contributed by atoms with Crippen molar-refractivity contribution in [3.63, 3.8) is 0 Å². The molecule has 1 heteroatoms. The molecule has 2 rings (SSSR count). The Morgan fingerprint density at radius 3 is 2.40 bits per heavy atom. The van der Waals surface area contributed by atoms with Crippen molar-refractivity contribution in [1.82, 2.24) is 0 Å². The van der Waals surface area contributed by atoms with Crippen molar-refractivity contribution in [2.24, 2.45) is 5.41 Å². The van der Waals surface area contributed by atoms with Crippen molar-refractivity contribution >= 4 is 0 Å². The molecule has 1 nitrogen and oxygen atoms in total. The van der Waals surface area contributed by atoms with Crippen LogP contribution in [0.4, 0.5) is 0 Å². The van der Waals surface area contributed by atoms with Gasteiger partial charge in [-0.25, -0.2) is 0 Å². The van der Waals surface area contributed by atoms with Crippen LogP contribution in [0.1, 0.15) is 77.0 Å². The summed E-state index contributed by atoms with van der Waals surface area (Å²) in [5, 5.41) is 0. The van der Waals surface area contributed by atoms with Gasteiger partial charge in [0.25, 0.3) is 0 Å². The van der Waals surface area contributed by atoms with E-state index >= 15 is 0 Å². The lowest BCUT2D eigenvalue weighted by atomic mass is 9.65. The SMILES string of the molecule is CCCC1(CCC)Cc2ccccc2C(OC(C)C)C1. The first-order chi connectivity index (χ1) is 9.60. The van der Waals surface area contributed by atoms with Gasteiger partial charge in [-0.3, -0.25) is 0 Å². The van der Waals surface area contributed by atoms with E-state index in [2.05, 4.69) is 52.0 Å². The summed E-state index contributed by atoms with van der Waals surface area (Å²) in [6, 6.07) is 8.91. The Morgan fingerprint density at radius 2 is 1.80 bits per heavy atom. The maximum atomic E-state index is 6.27. The first kappa shape index (κ1) is 15.6. The molecule has 0 N–H and O–H groups in total. The molecule has 0 spiro atoms. The van der Waals surface area contributed by atoms with Gasteiger partial charge < -0.3 is 4.74 Å². The van der Waals surface area contributed by atoms with E-state index in [1.807, 2.05) is 0 Å². The van der Waals surface area contributed by atoms with Crippen LogP contribution in [0.3, 0.4) is 0 Å². The molecule has 0 radical (unpaired) electrons. The van der Waals surface area contributed by atoms with Gasteiger partial charge in [-0.1, -0.05) is 51.0 Å². The molecule has 0 saturated carbocycles. The summed E-state index contributed by atoms with van der Waals surface area (Å²) >= 11 is 0. The van der Waals surface area contributed by atoms with Crippen molar-refractivity contribution in [3.8, 4) is 0 Å². The van der Waals surface area contributed by atoms with Crippen molar-refractivity contribution in [3.05, 3.63) is 35.4 Å². The van der Waals surface area contributed by atoms with Gasteiger partial charge in [-0.15, -0.1) is 0 Å². The van der Waals surface area contributed by atoms with Gasteiger partial charge >= 0.3 is 0 Å². The first-order valence-corrected chi connectivity index (χ1v) is 8.33. The molecular formula is C19H30O. The van der Waals surface area contributed by atoms with Gasteiger partial charge in [0.2, 0.25) is 0 Å². The van der Waals surface area contributed by atoms with Crippen LogP contribution in [0.2, 0.25) is 0 Å². The highest BCUT2D eigenvalue weighted by Crippen LogP contribution is 2.48. The number of rotatable bonds is 6. The molecule has 1 aromatic rings. The van der Waals surface area contributed by atoms with Crippen LogP contribution in [-0.4, -0.2) is 6.10 Å². The standard InChI is InChI=1S/C19H30O/c1-5-11-19(12-6-2)13-16-9-7-8-10-17(16)18(14-19)20-15(3)4/h7-10,15,18H,5-6,11-14H2,1-4H3. The van der Waals surface area contributed by atoms with Gasteiger partial charge in [0.1, 0.15) is 0 Å². The first-order valence-electron chi connectivity index (χ1n) is 8.33. The minimum atomic E-state index is 0.290. The van der Waals surface area contributed by atoms with E-state index in [-0.39, 0.29) is 6.10 Å². The monoisotopic (exact) mass is 274 g/mol. The van der Waals surface area contributed by atoms with E-state index in [9.17, 15) is 0 Å². The highest BCUT2D eigenvalue weighted by molar-refractivity contribution is 5.33. The zero-order valence-electron chi connectivity index (χ0n) is 13.6. The zero-order valence-corrected chi connectivity index (χ0v) is 13.6. The Labute approximate surface area is 124 Å². The largest absolute Gasteiger partial charge is 0.371 e. The van der Waals surface area contributed by atoms with E-state index in [1.165, 1.54) is 49.7 Å². The van der Waals surface area contributed by atoms with E-state index in [0.29, 0.717) is 11.5 Å². The van der Waals surface area contributed by atoms with Crippen LogP contribution >= 0.6 is 0 Å². The van der Waals surface area contributed by atoms with Gasteiger partial charge in [-0.2, -0.15) is 0 Å². The van der Waals surface area contributed by atoms with Crippen molar-refractivity contribution < 1.29 is 4.74 Å². The molecule has 0 heterocycles. The molecule has 0 bridgehead atoms. The third-order valence-electron chi connectivity index (χ3n) is 4.58. The molecule has 20 heavy (non-hydrogen) atoms. The Hall–Kier alpha value is -0.820. The molecule has 1 unspecified atom stereocenters. The second-order valence-electron chi connectivity index (χ2n) is 6.75. The third kappa shape index (κ3) is 3.44. The maximum Gasteiger partial charge on any atom is 0.0836 e. The smallest absolute Gasteiger partial charge is 0.0836 e. The lowest BCUT2D eigenvalue weighted by molar-refractivity contribution is -0.0351. The molecule has 1 aliphatic rings. The van der Waals surface area contributed by atoms with Crippen molar-refractivity contribution in [2.45, 2.75) is 78.4 Å². The minimum absolute atomic E-state index is 0.290. The topological polar surface area (TPSA) is 9.23 Å². The molecule has 1 aliphatic carbocycles. The van der Waals surface area contributed by atoms with E-state index in [4.69, 9.17) is 4.74 Å². The predicted molar refractivity (Wildman–Crippen MR) is 86.0 cm³/mol. The van der Waals surface area contributed by atoms with Gasteiger partial charge in [-0.05, 0) is 56.1 Å². The Bertz CT molecular complexity index is 416. The molecule has 1 atom stereocenters. The zero-order chi connectivity index (χ0) is 14.6. The van der Waals surface area contributed by atoms with Crippen LogP contribution in [-0.2, 0) is 11.2 Å². The van der Waals surface area contributed by atoms with Crippen LogP contribution in [0.15, 0.2) is 24.3 Å². The normalized spacial score (nSPS) is 20.9. The van der Waals surface area contributed by atoms with Gasteiger partial charge in [0.15, 0.2) is 0 Å². The fourth-order valence-corrected chi connectivity index (χ4v) is 4.01. The quantitative estimate of drug-likeness (QED) is 0.648. The Kier molecular flexibility index (Phi) is 5.26. The summed E-state index contributed by atoms with van der Waals surface area (Å²) in [4.78, 5) is 0. The molecule has 0 aromatic heterocycles.